The molecule has 1 aromatic heterocycles. The van der Waals surface area contributed by atoms with Crippen LogP contribution in [0, 0.1) is 17.3 Å². The van der Waals surface area contributed by atoms with Gasteiger partial charge in [0.1, 0.15) is 17.9 Å². The average molecular weight is 850 g/mol. The number of H-pyrrole nitrogens is 1. The second-order valence-electron chi connectivity index (χ2n) is 19.3. The van der Waals surface area contributed by atoms with Crippen LogP contribution in [0.2, 0.25) is 0 Å². The van der Waals surface area contributed by atoms with E-state index in [1.165, 1.54) is 5.56 Å². The van der Waals surface area contributed by atoms with Gasteiger partial charge in [0.2, 0.25) is 29.5 Å². The quantitative estimate of drug-likeness (QED) is 0.107. The number of likely N-dealkylation sites (tertiary alicyclic amines) is 2. The lowest BCUT2D eigenvalue weighted by Gasteiger charge is -2.53. The van der Waals surface area contributed by atoms with Crippen LogP contribution in [0.15, 0.2) is 91.1 Å². The lowest BCUT2D eigenvalue weighted by atomic mass is 9.51. The summed E-state index contributed by atoms with van der Waals surface area (Å²) in [7, 11) is 0. The number of fused-ring (bicyclic) bond motifs is 3. The Morgan fingerprint density at radius 2 is 1.19 bits per heavy atom. The van der Waals surface area contributed by atoms with E-state index in [1.807, 2.05) is 76.7 Å². The minimum absolute atomic E-state index is 0.000255. The number of imidazole rings is 1. The van der Waals surface area contributed by atoms with Gasteiger partial charge in [-0.3, -0.25) is 24.0 Å². The molecule has 4 atom stereocenters. The topological polar surface area (TPSA) is 157 Å². The van der Waals surface area contributed by atoms with E-state index in [2.05, 4.69) is 45.2 Å². The summed E-state index contributed by atoms with van der Waals surface area (Å²) in [5.74, 6) is 0.573. The summed E-state index contributed by atoms with van der Waals surface area (Å²) in [5.41, 5.74) is 4.48. The van der Waals surface area contributed by atoms with Crippen molar-refractivity contribution in [3.8, 4) is 11.3 Å². The zero-order valence-electron chi connectivity index (χ0n) is 36.0. The van der Waals surface area contributed by atoms with Crippen LogP contribution < -0.4 is 16.0 Å². The second kappa shape index (κ2) is 17.1. The molecule has 7 aliphatic rings. The zero-order valence-corrected chi connectivity index (χ0v) is 36.0. The van der Waals surface area contributed by atoms with Gasteiger partial charge in [0.25, 0.3) is 0 Å². The van der Waals surface area contributed by atoms with Gasteiger partial charge >= 0.3 is 0 Å². The van der Waals surface area contributed by atoms with Gasteiger partial charge in [-0.2, -0.15) is 0 Å². The molecule has 63 heavy (non-hydrogen) atoms. The zero-order chi connectivity index (χ0) is 43.1. The number of carbonyl (C=O) groups excluding carboxylic acids is 5. The largest absolute Gasteiger partial charge is 0.354 e. The number of rotatable bonds is 14. The van der Waals surface area contributed by atoms with Crippen LogP contribution in [0.25, 0.3) is 11.3 Å². The molecule has 5 aliphatic carbocycles. The Kier molecular flexibility index (Phi) is 11.2. The molecular formula is C51H59N7O5. The molecule has 3 heterocycles. The van der Waals surface area contributed by atoms with Crippen LogP contribution in [-0.4, -0.2) is 75.0 Å². The third-order valence-corrected chi connectivity index (χ3v) is 15.4. The van der Waals surface area contributed by atoms with E-state index in [0.717, 1.165) is 118 Å². The lowest BCUT2D eigenvalue weighted by Crippen LogP contribution is -2.54. The first kappa shape index (κ1) is 41.2. The van der Waals surface area contributed by atoms with Crippen molar-refractivity contribution in [1.29, 1.82) is 0 Å². The Bertz CT molecular complexity index is 2310. The van der Waals surface area contributed by atoms with Crippen molar-refractivity contribution in [2.24, 2.45) is 17.3 Å². The summed E-state index contributed by atoms with van der Waals surface area (Å²) in [6, 6.07) is 26.1. The maximum atomic E-state index is 14.1. The molecule has 7 fully saturated rings. The molecule has 12 heteroatoms. The highest BCUT2D eigenvalue weighted by Crippen LogP contribution is 2.58. The van der Waals surface area contributed by atoms with Crippen LogP contribution in [0.4, 0.5) is 0 Å². The van der Waals surface area contributed by atoms with Crippen LogP contribution in [0.5, 0.6) is 0 Å². The van der Waals surface area contributed by atoms with Crippen molar-refractivity contribution in [2.45, 2.75) is 119 Å². The van der Waals surface area contributed by atoms with Gasteiger partial charge in [0.05, 0.1) is 17.9 Å². The third-order valence-electron chi connectivity index (χ3n) is 15.4. The smallest absolute Gasteiger partial charge is 0.250 e. The van der Waals surface area contributed by atoms with Crippen molar-refractivity contribution in [2.75, 3.05) is 19.6 Å². The Hall–Kier alpha value is -5.78. The molecule has 328 valence electrons. The fraction of sp³-hybridized carbons (Fsp3) is 0.490. The van der Waals surface area contributed by atoms with Gasteiger partial charge in [-0.1, -0.05) is 84.9 Å². The van der Waals surface area contributed by atoms with Crippen LogP contribution >= 0.6 is 0 Å². The van der Waals surface area contributed by atoms with Crippen LogP contribution in [-0.2, 0) is 29.4 Å². The van der Waals surface area contributed by atoms with Gasteiger partial charge < -0.3 is 30.7 Å². The molecule has 0 spiro atoms. The molecule has 4 N–H and O–H groups in total. The van der Waals surface area contributed by atoms with Crippen LogP contribution in [0.3, 0.4) is 0 Å². The maximum absolute atomic E-state index is 14.1. The number of nitrogens with one attached hydrogen (secondary N) is 4. The molecule has 5 saturated carbocycles. The summed E-state index contributed by atoms with van der Waals surface area (Å²) in [6.45, 7) is 1.65. The SMILES string of the molecule is O=C(NC(C(=O)N1CCCC1CNC(=O)C12CCC(c3ccc(-c4cnc(C5CCCN5C(=O)C(NC(=O)C5CC5)c5ccccc5)[nH]4)cc3)(CC1)CC2)c1ccccc1)C1CC1. The number of aromatic nitrogens is 2. The molecule has 2 bridgehead atoms. The highest BCUT2D eigenvalue weighted by atomic mass is 16.2. The summed E-state index contributed by atoms with van der Waals surface area (Å²) in [5, 5.41) is 9.42. The normalized spacial score (nSPS) is 26.2. The highest BCUT2D eigenvalue weighted by Gasteiger charge is 2.53. The standard InChI is InChI=1S/C51H59N7O5/c59-45(36-15-16-36)55-42(34-9-3-1-4-10-34)47(61)57-29-7-13-39(57)31-53-49(63)51-26-23-50(24-27-51,25-28-51)38-21-19-33(20-22-38)40-32-52-44(54-40)41-14-8-30-58(41)48(62)43(35-11-5-2-6-12-35)56-46(60)37-17-18-37/h1-6,9-12,19-22,32,36-37,39,41-43H,7-8,13-18,23-31H2,(H,52,54)(H,53,63)(H,55,59)(H,56,60). The van der Waals surface area contributed by atoms with E-state index in [1.54, 1.807) is 0 Å². The van der Waals surface area contributed by atoms with Gasteiger partial charge in [-0.05, 0) is 118 Å². The van der Waals surface area contributed by atoms with E-state index in [-0.39, 0.29) is 64.3 Å². The number of nitrogens with zero attached hydrogens (tertiary/aromatic N) is 3. The minimum Gasteiger partial charge on any atom is -0.354 e. The second-order valence-corrected chi connectivity index (χ2v) is 19.3. The predicted octanol–water partition coefficient (Wildman–Crippen LogP) is 6.97. The maximum Gasteiger partial charge on any atom is 0.250 e. The summed E-state index contributed by atoms with van der Waals surface area (Å²) < 4.78 is 0. The molecule has 2 saturated heterocycles. The fourth-order valence-electron chi connectivity index (χ4n) is 11.1. The molecule has 5 amide bonds. The first-order valence-corrected chi connectivity index (χ1v) is 23.5. The van der Waals surface area contributed by atoms with Gasteiger partial charge in [-0.25, -0.2) is 4.98 Å². The van der Waals surface area contributed by atoms with Gasteiger partial charge in [0, 0.05) is 42.9 Å². The number of amides is 5. The average Bonchev–Trinajstić information content (AvgIpc) is 4.21. The Morgan fingerprint density at radius 1 is 0.651 bits per heavy atom. The highest BCUT2D eigenvalue weighted by molar-refractivity contribution is 5.91. The third kappa shape index (κ3) is 8.29. The number of hydrogen-bond donors (Lipinski definition) is 4. The van der Waals surface area contributed by atoms with Gasteiger partial charge in [-0.15, -0.1) is 0 Å². The van der Waals surface area contributed by atoms with Crippen LogP contribution in [0.1, 0.15) is 131 Å². The molecule has 2 aliphatic heterocycles. The number of benzene rings is 3. The van der Waals surface area contributed by atoms with Crippen molar-refractivity contribution < 1.29 is 24.0 Å². The van der Waals surface area contributed by atoms with Crippen molar-refractivity contribution >= 4 is 29.5 Å². The van der Waals surface area contributed by atoms with E-state index >= 15 is 0 Å². The number of carbonyl (C=O) groups is 5. The molecule has 4 aromatic rings. The first-order valence-electron chi connectivity index (χ1n) is 23.5. The van der Waals surface area contributed by atoms with Crippen molar-refractivity contribution in [3.63, 3.8) is 0 Å². The monoisotopic (exact) mass is 849 g/mol. The van der Waals surface area contributed by atoms with Gasteiger partial charge in [0.15, 0.2) is 0 Å². The van der Waals surface area contributed by atoms with E-state index in [9.17, 15) is 24.0 Å². The minimum atomic E-state index is -0.729. The molecule has 4 unspecified atom stereocenters. The Balaban J connectivity index is 0.753. The molecule has 3 aromatic carbocycles. The fourth-order valence-corrected chi connectivity index (χ4v) is 11.1. The van der Waals surface area contributed by atoms with Crippen molar-refractivity contribution in [1.82, 2.24) is 35.7 Å². The molecule has 12 nitrogen and oxygen atoms in total. The predicted molar refractivity (Wildman–Crippen MR) is 237 cm³/mol. The summed E-state index contributed by atoms with van der Waals surface area (Å²) in [4.78, 5) is 80.0. The molecule has 0 radical (unpaired) electrons. The van der Waals surface area contributed by atoms with E-state index < -0.39 is 12.1 Å². The summed E-state index contributed by atoms with van der Waals surface area (Å²) in [6.07, 6.45) is 14.1. The molecular weight excluding hydrogens is 791 g/mol. The Morgan fingerprint density at radius 3 is 1.76 bits per heavy atom. The van der Waals surface area contributed by atoms with E-state index in [4.69, 9.17) is 4.98 Å². The number of hydrogen-bond acceptors (Lipinski definition) is 6. The lowest BCUT2D eigenvalue weighted by molar-refractivity contribution is -0.140. The number of aromatic amines is 1. The van der Waals surface area contributed by atoms with Crippen molar-refractivity contribution in [3.05, 3.63) is 114 Å². The molecule has 11 rings (SSSR count). The van der Waals surface area contributed by atoms with E-state index in [0.29, 0.717) is 19.6 Å². The summed E-state index contributed by atoms with van der Waals surface area (Å²) >= 11 is 0. The first-order chi connectivity index (χ1) is 30.7. The Labute approximate surface area is 369 Å².